The third kappa shape index (κ3) is 3.94. The molecule has 1 aromatic rings. The van der Waals surface area contributed by atoms with Gasteiger partial charge >= 0.3 is 0 Å². The minimum absolute atomic E-state index is 0.0577. The fourth-order valence-corrected chi connectivity index (χ4v) is 1.20. The van der Waals surface area contributed by atoms with Gasteiger partial charge in [0.15, 0.2) is 0 Å². The second kappa shape index (κ2) is 6.17. The first kappa shape index (κ1) is 12.6. The molecule has 4 nitrogen and oxygen atoms in total. The van der Waals surface area contributed by atoms with E-state index >= 15 is 0 Å². The van der Waals surface area contributed by atoms with E-state index in [2.05, 4.69) is 23.3 Å². The minimum atomic E-state index is -0.178. The number of rotatable bonds is 4. The Morgan fingerprint density at radius 3 is 2.25 bits per heavy atom. The number of hydrogen-bond donors (Lipinski definition) is 3. The number of amides is 2. The second-order valence-corrected chi connectivity index (χ2v) is 3.51. The number of thiol groups is 1. The van der Waals surface area contributed by atoms with E-state index in [0.717, 1.165) is 0 Å². The summed E-state index contributed by atoms with van der Waals surface area (Å²) >= 11 is 3.86. The Balaban J connectivity index is 2.71. The number of benzene rings is 1. The number of hydrogen-bond acceptors (Lipinski definition) is 3. The highest BCUT2D eigenvalue weighted by Gasteiger charge is 2.02. The van der Waals surface area contributed by atoms with Crippen LogP contribution in [-0.2, 0) is 9.59 Å². The maximum Gasteiger partial charge on any atom is 0.234 e. The van der Waals surface area contributed by atoms with Crippen LogP contribution in [0.15, 0.2) is 24.3 Å². The molecular formula is C11H14N2O2S. The van der Waals surface area contributed by atoms with Gasteiger partial charge in [0.2, 0.25) is 11.8 Å². The lowest BCUT2D eigenvalue weighted by Gasteiger charge is -2.07. The zero-order valence-corrected chi connectivity index (χ0v) is 9.88. The van der Waals surface area contributed by atoms with Crippen molar-refractivity contribution in [1.82, 2.24) is 0 Å². The van der Waals surface area contributed by atoms with Gasteiger partial charge in [0, 0.05) is 17.8 Å². The second-order valence-electron chi connectivity index (χ2n) is 3.19. The zero-order chi connectivity index (χ0) is 12.0. The predicted octanol–water partition coefficient (Wildman–Crippen LogP) is 1.90. The van der Waals surface area contributed by atoms with Gasteiger partial charge in [-0.15, -0.1) is 0 Å². The van der Waals surface area contributed by atoms with Gasteiger partial charge in [0.05, 0.1) is 5.75 Å². The van der Waals surface area contributed by atoms with Gasteiger partial charge in [0.25, 0.3) is 0 Å². The zero-order valence-electron chi connectivity index (χ0n) is 8.99. The third-order valence-corrected chi connectivity index (χ3v) is 2.18. The van der Waals surface area contributed by atoms with Crippen LogP contribution in [0.1, 0.15) is 13.3 Å². The maximum absolute atomic E-state index is 11.2. The Bertz CT molecular complexity index is 360. The fourth-order valence-electron chi connectivity index (χ4n) is 1.12. The summed E-state index contributed by atoms with van der Waals surface area (Å²) in [6.45, 7) is 1.78. The summed E-state index contributed by atoms with van der Waals surface area (Å²) in [7, 11) is 0. The van der Waals surface area contributed by atoms with Crippen LogP contribution in [0.3, 0.4) is 0 Å². The van der Waals surface area contributed by atoms with Crippen molar-refractivity contribution >= 4 is 35.8 Å². The Hall–Kier alpha value is -1.49. The number of anilines is 2. The minimum Gasteiger partial charge on any atom is -0.326 e. The van der Waals surface area contributed by atoms with E-state index in [9.17, 15) is 9.59 Å². The highest BCUT2D eigenvalue weighted by atomic mass is 32.1. The van der Waals surface area contributed by atoms with Crippen molar-refractivity contribution in [2.75, 3.05) is 16.4 Å². The summed E-state index contributed by atoms with van der Waals surface area (Å²) in [6, 6.07) is 6.99. The standard InChI is InChI=1S/C11H14N2O2S/c1-2-10(14)12-8-4-3-5-9(6-8)13-11(15)7-16/h3-6,16H,2,7H2,1H3,(H,12,14)(H,13,15). The van der Waals surface area contributed by atoms with Crippen LogP contribution in [0.4, 0.5) is 11.4 Å². The molecule has 0 fully saturated rings. The molecule has 0 spiro atoms. The SMILES string of the molecule is CCC(=O)Nc1cccc(NC(=O)CS)c1. The molecule has 0 aliphatic heterocycles. The van der Waals surface area contributed by atoms with Crippen molar-refractivity contribution in [1.29, 1.82) is 0 Å². The van der Waals surface area contributed by atoms with Crippen LogP contribution in [0.5, 0.6) is 0 Å². The lowest BCUT2D eigenvalue weighted by atomic mass is 10.2. The summed E-state index contributed by atoms with van der Waals surface area (Å²) in [4.78, 5) is 22.3. The summed E-state index contributed by atoms with van der Waals surface area (Å²) in [5.74, 6) is -0.106. The summed E-state index contributed by atoms with van der Waals surface area (Å²) in [6.07, 6.45) is 0.424. The molecule has 0 heterocycles. The van der Waals surface area contributed by atoms with E-state index in [0.29, 0.717) is 17.8 Å². The highest BCUT2D eigenvalue weighted by molar-refractivity contribution is 7.81. The van der Waals surface area contributed by atoms with Crippen molar-refractivity contribution in [3.05, 3.63) is 24.3 Å². The molecular weight excluding hydrogens is 224 g/mol. The van der Waals surface area contributed by atoms with Gasteiger partial charge in [-0.25, -0.2) is 0 Å². The number of carbonyl (C=O) groups excluding carboxylic acids is 2. The van der Waals surface area contributed by atoms with Gasteiger partial charge in [-0.2, -0.15) is 12.6 Å². The Labute approximate surface area is 99.8 Å². The topological polar surface area (TPSA) is 58.2 Å². The predicted molar refractivity (Wildman–Crippen MR) is 67.8 cm³/mol. The van der Waals surface area contributed by atoms with Crippen molar-refractivity contribution in [2.24, 2.45) is 0 Å². The van der Waals surface area contributed by atoms with E-state index < -0.39 is 0 Å². The average molecular weight is 238 g/mol. The van der Waals surface area contributed by atoms with Crippen LogP contribution >= 0.6 is 12.6 Å². The molecule has 0 saturated carbocycles. The molecule has 5 heteroatoms. The van der Waals surface area contributed by atoms with Gasteiger partial charge in [-0.1, -0.05) is 13.0 Å². The van der Waals surface area contributed by atoms with Gasteiger partial charge in [-0.05, 0) is 18.2 Å². The first-order valence-electron chi connectivity index (χ1n) is 4.96. The lowest BCUT2D eigenvalue weighted by Crippen LogP contribution is -2.13. The molecule has 2 amide bonds. The Morgan fingerprint density at radius 1 is 1.19 bits per heavy atom. The summed E-state index contributed by atoms with van der Waals surface area (Å²) < 4.78 is 0. The normalized spacial score (nSPS) is 9.62. The molecule has 86 valence electrons. The highest BCUT2D eigenvalue weighted by Crippen LogP contribution is 2.15. The Morgan fingerprint density at radius 2 is 1.75 bits per heavy atom. The molecule has 0 aliphatic carbocycles. The van der Waals surface area contributed by atoms with Crippen LogP contribution in [0.2, 0.25) is 0 Å². The molecule has 0 aromatic heterocycles. The molecule has 2 N–H and O–H groups in total. The summed E-state index contributed by atoms with van der Waals surface area (Å²) in [5.41, 5.74) is 1.32. The van der Waals surface area contributed by atoms with Crippen molar-refractivity contribution in [3.63, 3.8) is 0 Å². The first-order chi connectivity index (χ1) is 7.65. The fraction of sp³-hybridized carbons (Fsp3) is 0.273. The van der Waals surface area contributed by atoms with Crippen LogP contribution < -0.4 is 10.6 Å². The molecule has 16 heavy (non-hydrogen) atoms. The molecule has 0 unspecified atom stereocenters. The van der Waals surface area contributed by atoms with Gasteiger partial charge in [-0.3, -0.25) is 9.59 Å². The van der Waals surface area contributed by atoms with E-state index in [4.69, 9.17) is 0 Å². The third-order valence-electron chi connectivity index (χ3n) is 1.89. The van der Waals surface area contributed by atoms with Gasteiger partial charge in [0.1, 0.15) is 0 Å². The number of carbonyl (C=O) groups is 2. The van der Waals surface area contributed by atoms with E-state index in [-0.39, 0.29) is 17.6 Å². The van der Waals surface area contributed by atoms with Crippen molar-refractivity contribution in [2.45, 2.75) is 13.3 Å². The van der Waals surface area contributed by atoms with Crippen LogP contribution in [0, 0.1) is 0 Å². The summed E-state index contributed by atoms with van der Waals surface area (Å²) in [5, 5.41) is 5.37. The van der Waals surface area contributed by atoms with E-state index in [1.54, 1.807) is 31.2 Å². The molecule has 0 radical (unpaired) electrons. The molecule has 0 atom stereocenters. The quantitative estimate of drug-likeness (QED) is 0.702. The molecule has 1 rings (SSSR count). The molecule has 0 saturated heterocycles. The van der Waals surface area contributed by atoms with Crippen LogP contribution in [-0.4, -0.2) is 17.6 Å². The molecule has 0 aliphatic rings. The first-order valence-corrected chi connectivity index (χ1v) is 5.59. The van der Waals surface area contributed by atoms with E-state index in [1.807, 2.05) is 0 Å². The lowest BCUT2D eigenvalue weighted by molar-refractivity contribution is -0.116. The van der Waals surface area contributed by atoms with Crippen molar-refractivity contribution in [3.8, 4) is 0 Å². The van der Waals surface area contributed by atoms with E-state index in [1.165, 1.54) is 0 Å². The smallest absolute Gasteiger partial charge is 0.234 e. The maximum atomic E-state index is 11.2. The molecule has 0 bridgehead atoms. The largest absolute Gasteiger partial charge is 0.326 e. The van der Waals surface area contributed by atoms with Crippen molar-refractivity contribution < 1.29 is 9.59 Å². The molecule has 1 aromatic carbocycles. The van der Waals surface area contributed by atoms with Crippen LogP contribution in [0.25, 0.3) is 0 Å². The Kier molecular flexibility index (Phi) is 4.85. The monoisotopic (exact) mass is 238 g/mol. The number of nitrogens with one attached hydrogen (secondary N) is 2. The van der Waals surface area contributed by atoms with Gasteiger partial charge < -0.3 is 10.6 Å². The average Bonchev–Trinajstić information content (AvgIpc) is 2.29.